The minimum Gasteiger partial charge on any atom is -0.497 e. The molecule has 1 aromatic carbocycles. The number of carbonyl (C=O) groups excluding carboxylic acids is 1. The van der Waals surface area contributed by atoms with Crippen molar-refractivity contribution in [2.24, 2.45) is 0 Å². The number of carbonyl (C=O) groups is 1. The Kier molecular flexibility index (Phi) is 5.57. The number of rotatable bonds is 6. The summed E-state index contributed by atoms with van der Waals surface area (Å²) in [6, 6.07) is 15.3. The van der Waals surface area contributed by atoms with Gasteiger partial charge in [-0.1, -0.05) is 6.07 Å². The second-order valence-electron chi connectivity index (χ2n) is 6.73. The van der Waals surface area contributed by atoms with E-state index in [1.165, 1.54) is 10.8 Å². The van der Waals surface area contributed by atoms with Crippen LogP contribution in [0.4, 0.5) is 5.69 Å². The third-order valence-corrected chi connectivity index (χ3v) is 4.71. The maximum absolute atomic E-state index is 13.2. The van der Waals surface area contributed by atoms with Crippen LogP contribution < -0.4 is 21.3 Å². The van der Waals surface area contributed by atoms with Crippen LogP contribution in [-0.4, -0.2) is 32.1 Å². The lowest BCUT2D eigenvalue weighted by Gasteiger charge is -2.13. The fourth-order valence-electron chi connectivity index (χ4n) is 3.21. The third kappa shape index (κ3) is 4.20. The first-order chi connectivity index (χ1) is 15.1. The summed E-state index contributed by atoms with van der Waals surface area (Å²) < 4.78 is 7.39. The highest BCUT2D eigenvalue weighted by molar-refractivity contribution is 5.91. The van der Waals surface area contributed by atoms with E-state index in [-0.39, 0.29) is 18.6 Å². The monoisotopic (exact) mass is 417 g/mol. The lowest BCUT2D eigenvalue weighted by Crippen LogP contribution is -2.42. The van der Waals surface area contributed by atoms with Gasteiger partial charge in [-0.25, -0.2) is 9.78 Å². The van der Waals surface area contributed by atoms with Gasteiger partial charge in [-0.2, -0.15) is 0 Å². The minimum atomic E-state index is -0.610. The molecule has 0 bridgehead atoms. The molecular weight excluding hydrogens is 398 g/mol. The number of nitrogens with zero attached hydrogens (tertiary/aromatic N) is 4. The molecule has 0 radical (unpaired) electrons. The Balaban J connectivity index is 1.71. The molecule has 1 amide bonds. The Bertz CT molecular complexity index is 1340. The van der Waals surface area contributed by atoms with Crippen LogP contribution >= 0.6 is 0 Å². The molecule has 4 aromatic rings. The second kappa shape index (κ2) is 8.62. The largest absolute Gasteiger partial charge is 0.497 e. The van der Waals surface area contributed by atoms with Crippen LogP contribution in [0.15, 0.2) is 76.6 Å². The van der Waals surface area contributed by atoms with Gasteiger partial charge < -0.3 is 10.1 Å². The van der Waals surface area contributed by atoms with Gasteiger partial charge in [0.15, 0.2) is 5.52 Å². The normalized spacial score (nSPS) is 10.7. The van der Waals surface area contributed by atoms with Crippen molar-refractivity contribution in [1.29, 1.82) is 0 Å². The highest BCUT2D eigenvalue weighted by Gasteiger charge is 2.17. The molecule has 3 heterocycles. The molecule has 31 heavy (non-hydrogen) atoms. The van der Waals surface area contributed by atoms with E-state index in [9.17, 15) is 14.4 Å². The summed E-state index contributed by atoms with van der Waals surface area (Å²) in [4.78, 5) is 47.0. The molecule has 0 aliphatic carbocycles. The van der Waals surface area contributed by atoms with Crippen LogP contribution in [0.1, 0.15) is 5.69 Å². The third-order valence-electron chi connectivity index (χ3n) is 4.71. The number of anilines is 1. The van der Waals surface area contributed by atoms with Gasteiger partial charge in [-0.15, -0.1) is 0 Å². The summed E-state index contributed by atoms with van der Waals surface area (Å²) in [6.07, 6.45) is 3.06. The smallest absolute Gasteiger partial charge is 0.332 e. The summed E-state index contributed by atoms with van der Waals surface area (Å²) in [7, 11) is 1.55. The Morgan fingerprint density at radius 3 is 2.45 bits per heavy atom. The van der Waals surface area contributed by atoms with Gasteiger partial charge >= 0.3 is 5.69 Å². The Hall–Kier alpha value is -4.27. The lowest BCUT2D eigenvalue weighted by molar-refractivity contribution is -0.116. The molecule has 3 aromatic heterocycles. The molecule has 0 saturated carbocycles. The van der Waals surface area contributed by atoms with Gasteiger partial charge in [0.1, 0.15) is 12.3 Å². The average molecular weight is 417 g/mol. The van der Waals surface area contributed by atoms with Gasteiger partial charge in [-0.3, -0.25) is 23.7 Å². The molecule has 0 spiro atoms. The van der Waals surface area contributed by atoms with Gasteiger partial charge in [0.25, 0.3) is 5.56 Å². The van der Waals surface area contributed by atoms with Crippen LogP contribution in [0.2, 0.25) is 0 Å². The number of fused-ring (bicyclic) bond motifs is 1. The van der Waals surface area contributed by atoms with Crippen LogP contribution in [0, 0.1) is 0 Å². The van der Waals surface area contributed by atoms with Crippen molar-refractivity contribution in [2.75, 3.05) is 12.4 Å². The predicted molar refractivity (Wildman–Crippen MR) is 115 cm³/mol. The molecule has 9 nitrogen and oxygen atoms in total. The molecule has 156 valence electrons. The van der Waals surface area contributed by atoms with Gasteiger partial charge in [0, 0.05) is 18.1 Å². The van der Waals surface area contributed by atoms with E-state index in [1.807, 2.05) is 0 Å². The van der Waals surface area contributed by atoms with Crippen molar-refractivity contribution < 1.29 is 9.53 Å². The summed E-state index contributed by atoms with van der Waals surface area (Å²) in [5, 5.41) is 2.74. The minimum absolute atomic E-state index is 0.0227. The lowest BCUT2D eigenvalue weighted by atomic mass is 10.3. The number of benzene rings is 1. The zero-order valence-corrected chi connectivity index (χ0v) is 16.7. The molecule has 0 aliphatic heterocycles. The molecule has 9 heteroatoms. The van der Waals surface area contributed by atoms with E-state index in [0.29, 0.717) is 22.6 Å². The predicted octanol–water partition coefficient (Wildman–Crippen LogP) is 1.65. The standard InChI is InChI=1S/C22H19N5O4/c1-31-17-9-7-15(8-10-17)25-19(28)14-26-18-6-4-12-24-20(18)21(29)27(22(26)30)13-16-5-2-3-11-23-16/h2-12H,13-14H2,1H3,(H,25,28). The maximum atomic E-state index is 13.2. The zero-order chi connectivity index (χ0) is 21.8. The molecule has 0 fully saturated rings. The van der Waals surface area contributed by atoms with Crippen molar-refractivity contribution in [1.82, 2.24) is 19.1 Å². The zero-order valence-electron chi connectivity index (χ0n) is 16.7. The SMILES string of the molecule is COc1ccc(NC(=O)Cn2c(=O)n(Cc3ccccn3)c(=O)c3ncccc32)cc1. The maximum Gasteiger partial charge on any atom is 0.332 e. The Labute approximate surface area is 176 Å². The number of methoxy groups -OCH3 is 1. The molecule has 4 rings (SSSR count). The Morgan fingerprint density at radius 1 is 0.968 bits per heavy atom. The number of pyridine rings is 2. The molecule has 0 atom stereocenters. The summed E-state index contributed by atoms with van der Waals surface area (Å²) >= 11 is 0. The van der Waals surface area contributed by atoms with E-state index in [2.05, 4.69) is 15.3 Å². The van der Waals surface area contributed by atoms with Crippen molar-refractivity contribution in [3.05, 3.63) is 93.5 Å². The number of ether oxygens (including phenoxy) is 1. The van der Waals surface area contributed by atoms with E-state index in [1.54, 1.807) is 67.9 Å². The van der Waals surface area contributed by atoms with E-state index >= 15 is 0 Å². The number of hydrogen-bond acceptors (Lipinski definition) is 6. The highest BCUT2D eigenvalue weighted by atomic mass is 16.5. The Morgan fingerprint density at radius 2 is 1.74 bits per heavy atom. The number of nitrogens with one attached hydrogen (secondary N) is 1. The summed E-state index contributed by atoms with van der Waals surface area (Å²) in [6.45, 7) is -0.305. The second-order valence-corrected chi connectivity index (χ2v) is 6.73. The molecule has 0 saturated heterocycles. The fourth-order valence-corrected chi connectivity index (χ4v) is 3.21. The molecule has 1 N–H and O–H groups in total. The molecule has 0 aliphatic rings. The fraction of sp³-hybridized carbons (Fsp3) is 0.136. The summed E-state index contributed by atoms with van der Waals surface area (Å²) in [5.41, 5.74) is 0.364. The molecular formula is C22H19N5O4. The van der Waals surface area contributed by atoms with E-state index in [4.69, 9.17) is 4.74 Å². The average Bonchev–Trinajstić information content (AvgIpc) is 2.80. The number of amides is 1. The number of aromatic nitrogens is 4. The topological polar surface area (TPSA) is 108 Å². The molecule has 0 unspecified atom stereocenters. The highest BCUT2D eigenvalue weighted by Crippen LogP contribution is 2.15. The van der Waals surface area contributed by atoms with Crippen LogP contribution in [-0.2, 0) is 17.9 Å². The summed E-state index contributed by atoms with van der Waals surface area (Å²) in [5.74, 6) is 0.244. The van der Waals surface area contributed by atoms with Crippen molar-refractivity contribution in [3.63, 3.8) is 0 Å². The first kappa shape index (κ1) is 20.0. The van der Waals surface area contributed by atoms with Crippen LogP contribution in [0.25, 0.3) is 11.0 Å². The quantitative estimate of drug-likeness (QED) is 0.511. The van der Waals surface area contributed by atoms with E-state index in [0.717, 1.165) is 4.57 Å². The van der Waals surface area contributed by atoms with Crippen LogP contribution in [0.3, 0.4) is 0 Å². The first-order valence-corrected chi connectivity index (χ1v) is 9.49. The van der Waals surface area contributed by atoms with Gasteiger partial charge in [-0.05, 0) is 48.5 Å². The van der Waals surface area contributed by atoms with Crippen molar-refractivity contribution >= 4 is 22.6 Å². The first-order valence-electron chi connectivity index (χ1n) is 9.49. The van der Waals surface area contributed by atoms with Gasteiger partial charge in [0.05, 0.1) is 24.9 Å². The van der Waals surface area contributed by atoms with Gasteiger partial charge in [0.2, 0.25) is 5.91 Å². The van der Waals surface area contributed by atoms with E-state index < -0.39 is 17.2 Å². The number of hydrogen-bond donors (Lipinski definition) is 1. The van der Waals surface area contributed by atoms with Crippen molar-refractivity contribution in [2.45, 2.75) is 13.1 Å². The van der Waals surface area contributed by atoms with Crippen molar-refractivity contribution in [3.8, 4) is 5.75 Å². The van der Waals surface area contributed by atoms with Crippen LogP contribution in [0.5, 0.6) is 5.75 Å².